The fourth-order valence-electron chi connectivity index (χ4n) is 2.52. The Labute approximate surface area is 136 Å². The van der Waals surface area contributed by atoms with Crippen LogP contribution in [0.5, 0.6) is 0 Å². The Bertz CT molecular complexity index is 298. The Morgan fingerprint density at radius 3 is 2.43 bits per heavy atom. The molecule has 2 atom stereocenters. The van der Waals surface area contributed by atoms with Gasteiger partial charge in [0.1, 0.15) is 0 Å². The van der Waals surface area contributed by atoms with E-state index in [1.165, 1.54) is 25.3 Å². The first-order chi connectivity index (χ1) is 9.84. The van der Waals surface area contributed by atoms with E-state index in [0.717, 1.165) is 18.6 Å². The third kappa shape index (κ3) is 11.1. The van der Waals surface area contributed by atoms with Crippen LogP contribution < -0.4 is 0 Å². The van der Waals surface area contributed by atoms with Crippen molar-refractivity contribution in [1.82, 2.24) is 0 Å². The summed E-state index contributed by atoms with van der Waals surface area (Å²) in [5.41, 5.74) is 0. The van der Waals surface area contributed by atoms with Crippen molar-refractivity contribution in [3.8, 4) is 0 Å². The lowest BCUT2D eigenvalue weighted by molar-refractivity contribution is 0.377. The fourth-order valence-corrected chi connectivity index (χ4v) is 6.57. The standard InChI is InChI=1S/C18H37OSi2/c1-8-11-12-17(9-2)15-18(10-3)13-14-21(6,7)16-19-20(4)5/h8-9,11,17-18H,2,10,12-16H2,1,3-7H3/b11-8+. The van der Waals surface area contributed by atoms with Gasteiger partial charge in [-0.05, 0) is 44.7 Å². The highest BCUT2D eigenvalue weighted by Gasteiger charge is 2.23. The first-order valence-electron chi connectivity index (χ1n) is 8.51. The molecule has 0 bridgehead atoms. The number of hydrogen-bond donors (Lipinski definition) is 0. The number of allylic oxidation sites excluding steroid dienone is 3. The van der Waals surface area contributed by atoms with Gasteiger partial charge in [-0.15, -0.1) is 6.58 Å². The summed E-state index contributed by atoms with van der Waals surface area (Å²) < 4.78 is 5.97. The molecule has 0 heterocycles. The maximum atomic E-state index is 5.97. The molecule has 2 unspecified atom stereocenters. The van der Waals surface area contributed by atoms with Crippen molar-refractivity contribution in [1.29, 1.82) is 0 Å². The highest BCUT2D eigenvalue weighted by Crippen LogP contribution is 2.27. The normalized spacial score (nSPS) is 15.6. The Balaban J connectivity index is 4.26. The molecule has 0 amide bonds. The molecule has 0 aliphatic rings. The molecule has 0 fully saturated rings. The predicted octanol–water partition coefficient (Wildman–Crippen LogP) is 6.08. The van der Waals surface area contributed by atoms with Gasteiger partial charge in [0, 0.05) is 6.23 Å². The molecular formula is C18H37OSi2. The molecule has 0 saturated carbocycles. The van der Waals surface area contributed by atoms with Gasteiger partial charge in [0.25, 0.3) is 0 Å². The van der Waals surface area contributed by atoms with Crippen LogP contribution in [0.3, 0.4) is 0 Å². The molecule has 0 aliphatic heterocycles. The predicted molar refractivity (Wildman–Crippen MR) is 102 cm³/mol. The van der Waals surface area contributed by atoms with E-state index in [1.54, 1.807) is 0 Å². The quantitative estimate of drug-likeness (QED) is 0.312. The molecule has 0 saturated heterocycles. The Kier molecular flexibility index (Phi) is 11.4. The zero-order valence-corrected chi connectivity index (χ0v) is 17.2. The van der Waals surface area contributed by atoms with E-state index in [0.29, 0.717) is 5.92 Å². The van der Waals surface area contributed by atoms with Crippen LogP contribution in [0.4, 0.5) is 0 Å². The lowest BCUT2D eigenvalue weighted by Crippen LogP contribution is -2.35. The van der Waals surface area contributed by atoms with Gasteiger partial charge in [0.05, 0.1) is 8.07 Å². The third-order valence-electron chi connectivity index (χ3n) is 4.20. The lowest BCUT2D eigenvalue weighted by atomic mass is 9.88. The molecule has 1 nitrogen and oxygen atoms in total. The highest BCUT2D eigenvalue weighted by molar-refractivity contribution is 6.77. The van der Waals surface area contributed by atoms with Gasteiger partial charge in [0.15, 0.2) is 0 Å². The summed E-state index contributed by atoms with van der Waals surface area (Å²) in [7, 11) is -1.70. The topological polar surface area (TPSA) is 9.23 Å². The molecule has 0 rings (SSSR count). The van der Waals surface area contributed by atoms with Crippen LogP contribution in [0, 0.1) is 11.8 Å². The van der Waals surface area contributed by atoms with E-state index in [9.17, 15) is 0 Å². The molecule has 0 N–H and O–H groups in total. The second kappa shape index (κ2) is 11.4. The van der Waals surface area contributed by atoms with Gasteiger partial charge in [-0.2, -0.15) is 0 Å². The smallest absolute Gasteiger partial charge is 0.204 e. The van der Waals surface area contributed by atoms with Crippen molar-refractivity contribution in [2.24, 2.45) is 11.8 Å². The Hall–Kier alpha value is -0.126. The minimum Gasteiger partial charge on any atom is -0.420 e. The average Bonchev–Trinajstić information content (AvgIpc) is 2.44. The van der Waals surface area contributed by atoms with Crippen LogP contribution in [0.2, 0.25) is 32.2 Å². The zero-order valence-electron chi connectivity index (χ0n) is 15.2. The van der Waals surface area contributed by atoms with Crippen molar-refractivity contribution in [3.05, 3.63) is 24.8 Å². The molecule has 3 heteroatoms. The Morgan fingerprint density at radius 2 is 1.95 bits per heavy atom. The molecule has 123 valence electrons. The molecule has 0 aromatic rings. The van der Waals surface area contributed by atoms with Crippen molar-refractivity contribution in [2.45, 2.75) is 71.8 Å². The van der Waals surface area contributed by atoms with Crippen molar-refractivity contribution >= 4 is 17.1 Å². The summed E-state index contributed by atoms with van der Waals surface area (Å²) >= 11 is 0. The molecule has 0 aromatic heterocycles. The summed E-state index contributed by atoms with van der Waals surface area (Å²) in [5, 5.41) is 0. The molecule has 0 aliphatic carbocycles. The van der Waals surface area contributed by atoms with Crippen LogP contribution in [-0.4, -0.2) is 23.3 Å². The van der Waals surface area contributed by atoms with Crippen LogP contribution in [-0.2, 0) is 4.43 Å². The van der Waals surface area contributed by atoms with E-state index < -0.39 is 17.1 Å². The van der Waals surface area contributed by atoms with Gasteiger partial charge in [-0.1, -0.05) is 57.1 Å². The van der Waals surface area contributed by atoms with Crippen molar-refractivity contribution in [2.75, 3.05) is 6.23 Å². The largest absolute Gasteiger partial charge is 0.420 e. The van der Waals surface area contributed by atoms with Gasteiger partial charge in [-0.3, -0.25) is 0 Å². The van der Waals surface area contributed by atoms with Crippen LogP contribution in [0.1, 0.15) is 39.5 Å². The highest BCUT2D eigenvalue weighted by atomic mass is 28.3. The summed E-state index contributed by atoms with van der Waals surface area (Å²) in [6.07, 6.45) is 12.7. The molecule has 21 heavy (non-hydrogen) atoms. The van der Waals surface area contributed by atoms with E-state index in [2.05, 4.69) is 64.8 Å². The van der Waals surface area contributed by atoms with Crippen LogP contribution in [0.15, 0.2) is 24.8 Å². The first-order valence-corrected chi connectivity index (χ1v) is 14.3. The summed E-state index contributed by atoms with van der Waals surface area (Å²) in [5.74, 6) is 1.49. The van der Waals surface area contributed by atoms with Crippen molar-refractivity contribution in [3.63, 3.8) is 0 Å². The lowest BCUT2D eigenvalue weighted by Gasteiger charge is -2.27. The van der Waals surface area contributed by atoms with Gasteiger partial charge >= 0.3 is 0 Å². The Morgan fingerprint density at radius 1 is 1.29 bits per heavy atom. The molecule has 0 spiro atoms. The maximum Gasteiger partial charge on any atom is 0.204 e. The third-order valence-corrected chi connectivity index (χ3v) is 7.78. The summed E-state index contributed by atoms with van der Waals surface area (Å²) in [6.45, 7) is 17.9. The number of hydrogen-bond acceptors (Lipinski definition) is 1. The second-order valence-corrected chi connectivity index (χ2v) is 14.4. The van der Waals surface area contributed by atoms with Gasteiger partial charge in [-0.25, -0.2) is 0 Å². The minimum atomic E-state index is -1.17. The van der Waals surface area contributed by atoms with E-state index >= 15 is 0 Å². The SMILES string of the molecule is C=CC(C/C=C/C)CC(CC)CC[Si](C)(C)CO[Si](C)C. The van der Waals surface area contributed by atoms with Crippen LogP contribution in [0.25, 0.3) is 0 Å². The maximum absolute atomic E-state index is 5.97. The molecule has 1 radical (unpaired) electrons. The number of rotatable bonds is 12. The molecular weight excluding hydrogens is 288 g/mol. The zero-order chi connectivity index (χ0) is 16.3. The van der Waals surface area contributed by atoms with Gasteiger partial charge in [0.2, 0.25) is 9.04 Å². The average molecular weight is 326 g/mol. The van der Waals surface area contributed by atoms with E-state index in [1.807, 2.05) is 0 Å². The first kappa shape index (κ1) is 20.9. The molecule has 0 aromatic carbocycles. The fraction of sp³-hybridized carbons (Fsp3) is 0.778. The van der Waals surface area contributed by atoms with E-state index in [-0.39, 0.29) is 0 Å². The monoisotopic (exact) mass is 325 g/mol. The van der Waals surface area contributed by atoms with Crippen LogP contribution >= 0.6 is 0 Å². The van der Waals surface area contributed by atoms with Crippen molar-refractivity contribution < 1.29 is 4.43 Å². The second-order valence-electron chi connectivity index (χ2n) is 7.21. The summed E-state index contributed by atoms with van der Waals surface area (Å²) in [6, 6.07) is 1.40. The minimum absolute atomic E-state index is 0.530. The van der Waals surface area contributed by atoms with E-state index in [4.69, 9.17) is 4.43 Å². The van der Waals surface area contributed by atoms with Gasteiger partial charge < -0.3 is 4.43 Å². The summed E-state index contributed by atoms with van der Waals surface area (Å²) in [4.78, 5) is 0.